The van der Waals surface area contributed by atoms with Gasteiger partial charge in [0.15, 0.2) is 6.10 Å². The molecule has 0 aliphatic heterocycles. The molecule has 0 amide bonds. The van der Waals surface area contributed by atoms with Gasteiger partial charge in [0, 0.05) is 12.8 Å². The molecule has 0 saturated heterocycles. The zero-order valence-electron chi connectivity index (χ0n) is 35.4. The van der Waals surface area contributed by atoms with E-state index in [1.807, 2.05) is 12.2 Å². The largest absolute Gasteiger partial charge is 0.480 e. The van der Waals surface area contributed by atoms with Crippen molar-refractivity contribution in [3.8, 4) is 0 Å². The smallest absolute Gasteiger partial charge is 0.472 e. The summed E-state index contributed by atoms with van der Waals surface area (Å²) in [5, 5.41) is 8.89. The number of rotatable bonds is 40. The highest BCUT2D eigenvalue weighted by molar-refractivity contribution is 7.47. The fraction of sp³-hybridized carbons (Fsp3) is 0.711. The number of ether oxygens (including phenoxy) is 2. The molecule has 328 valence electrons. The van der Waals surface area contributed by atoms with Crippen LogP contribution in [0.4, 0.5) is 0 Å². The van der Waals surface area contributed by atoms with Crippen LogP contribution in [0.5, 0.6) is 0 Å². The topological polar surface area (TPSA) is 172 Å². The monoisotopic (exact) mass is 824 g/mol. The molecular formula is C45H78NO10P. The predicted molar refractivity (Wildman–Crippen MR) is 231 cm³/mol. The summed E-state index contributed by atoms with van der Waals surface area (Å²) in [6, 6.07) is -1.53. The molecule has 57 heavy (non-hydrogen) atoms. The summed E-state index contributed by atoms with van der Waals surface area (Å²) in [5.74, 6) is -2.45. The van der Waals surface area contributed by atoms with Crippen LogP contribution in [-0.2, 0) is 37.5 Å². The van der Waals surface area contributed by atoms with Crippen LogP contribution in [0, 0.1) is 0 Å². The Morgan fingerprint density at radius 3 is 1.46 bits per heavy atom. The number of esters is 2. The van der Waals surface area contributed by atoms with Crippen molar-refractivity contribution in [2.24, 2.45) is 5.73 Å². The summed E-state index contributed by atoms with van der Waals surface area (Å²) in [5.41, 5.74) is 5.33. The van der Waals surface area contributed by atoms with Crippen LogP contribution in [0.1, 0.15) is 174 Å². The highest BCUT2D eigenvalue weighted by Crippen LogP contribution is 2.43. The molecule has 12 heteroatoms. The predicted octanol–water partition coefficient (Wildman–Crippen LogP) is 11.6. The highest BCUT2D eigenvalue weighted by atomic mass is 31.2. The number of carbonyl (C=O) groups is 3. The lowest BCUT2D eigenvalue weighted by molar-refractivity contribution is -0.161. The molecule has 0 spiro atoms. The van der Waals surface area contributed by atoms with Gasteiger partial charge in [-0.15, -0.1) is 0 Å². The van der Waals surface area contributed by atoms with Gasteiger partial charge in [0.05, 0.1) is 13.2 Å². The van der Waals surface area contributed by atoms with Crippen molar-refractivity contribution in [3.05, 3.63) is 60.8 Å². The average Bonchev–Trinajstić information content (AvgIpc) is 3.19. The number of nitrogens with two attached hydrogens (primary N) is 1. The van der Waals surface area contributed by atoms with E-state index >= 15 is 0 Å². The first-order valence-corrected chi connectivity index (χ1v) is 23.3. The molecule has 0 aromatic heterocycles. The normalized spacial score (nSPS) is 14.3. The minimum absolute atomic E-state index is 0.0820. The molecule has 0 radical (unpaired) electrons. The van der Waals surface area contributed by atoms with Crippen LogP contribution in [0.15, 0.2) is 60.8 Å². The molecule has 0 saturated carbocycles. The van der Waals surface area contributed by atoms with Gasteiger partial charge in [0.2, 0.25) is 0 Å². The van der Waals surface area contributed by atoms with Crippen LogP contribution >= 0.6 is 7.82 Å². The van der Waals surface area contributed by atoms with Crippen LogP contribution in [-0.4, -0.2) is 59.9 Å². The average molecular weight is 824 g/mol. The lowest BCUT2D eigenvalue weighted by atomic mass is 10.0. The number of carbonyl (C=O) groups excluding carboxylic acids is 2. The van der Waals surface area contributed by atoms with Gasteiger partial charge in [0.1, 0.15) is 12.6 Å². The number of carboxylic acid groups (broad SMARTS) is 1. The van der Waals surface area contributed by atoms with E-state index in [0.29, 0.717) is 19.3 Å². The number of hydrogen-bond acceptors (Lipinski definition) is 9. The van der Waals surface area contributed by atoms with Crippen LogP contribution in [0.25, 0.3) is 0 Å². The zero-order chi connectivity index (χ0) is 42.1. The van der Waals surface area contributed by atoms with Gasteiger partial charge in [-0.25, -0.2) is 4.57 Å². The van der Waals surface area contributed by atoms with Gasteiger partial charge in [-0.1, -0.05) is 171 Å². The van der Waals surface area contributed by atoms with Gasteiger partial charge >= 0.3 is 25.7 Å². The number of phosphoric acid groups is 1. The van der Waals surface area contributed by atoms with E-state index < -0.39 is 51.1 Å². The molecule has 3 atom stereocenters. The SMILES string of the molecule is CC/C=C/C/C=C/C/C=C/C/C=C/C/C=C/CCCC(=O)O[C@H](COC(=O)CCCCCCCCCCCCCCCCCC)COP(=O)(O)OC[C@H](N)C(=O)O. The third-order valence-corrected chi connectivity index (χ3v) is 9.98. The van der Waals surface area contributed by atoms with E-state index in [2.05, 4.69) is 67.0 Å². The lowest BCUT2D eigenvalue weighted by Gasteiger charge is -2.20. The first-order chi connectivity index (χ1) is 27.6. The Bertz CT molecular complexity index is 1200. The van der Waals surface area contributed by atoms with E-state index in [9.17, 15) is 23.8 Å². The molecule has 0 aromatic carbocycles. The number of unbranched alkanes of at least 4 members (excludes halogenated alkanes) is 16. The summed E-state index contributed by atoms with van der Waals surface area (Å²) in [6.07, 6.45) is 45.8. The molecule has 0 fully saturated rings. The summed E-state index contributed by atoms with van der Waals surface area (Å²) >= 11 is 0. The second-order valence-electron chi connectivity index (χ2n) is 14.5. The van der Waals surface area contributed by atoms with E-state index in [0.717, 1.165) is 51.4 Å². The maximum Gasteiger partial charge on any atom is 0.472 e. The van der Waals surface area contributed by atoms with Crippen molar-refractivity contribution in [1.29, 1.82) is 0 Å². The van der Waals surface area contributed by atoms with Gasteiger partial charge in [-0.05, 0) is 51.4 Å². The van der Waals surface area contributed by atoms with Crippen molar-refractivity contribution >= 4 is 25.7 Å². The molecular weight excluding hydrogens is 745 g/mol. The van der Waals surface area contributed by atoms with Crippen molar-refractivity contribution in [3.63, 3.8) is 0 Å². The Hall–Kier alpha value is -2.82. The third kappa shape index (κ3) is 39.8. The second-order valence-corrected chi connectivity index (χ2v) is 15.9. The Labute approximate surface area is 345 Å². The van der Waals surface area contributed by atoms with Crippen molar-refractivity contribution in [1.82, 2.24) is 0 Å². The zero-order valence-corrected chi connectivity index (χ0v) is 36.3. The number of carboxylic acids is 1. The molecule has 0 aliphatic rings. The molecule has 0 aliphatic carbocycles. The van der Waals surface area contributed by atoms with E-state index in [-0.39, 0.29) is 19.4 Å². The molecule has 11 nitrogen and oxygen atoms in total. The quantitative estimate of drug-likeness (QED) is 0.0232. The second kappa shape index (κ2) is 40.0. The minimum Gasteiger partial charge on any atom is -0.480 e. The van der Waals surface area contributed by atoms with E-state index in [1.54, 1.807) is 0 Å². The Kier molecular flexibility index (Phi) is 38.0. The standard InChI is InChI=1S/C45H78NO10P/c1-3-5-7-9-11-13-15-17-19-21-23-25-27-29-31-33-35-37-44(48)56-41(39-54-57(51,52)55-40-42(46)45(49)50)38-53-43(47)36-34-32-30-28-26-24-22-20-18-16-14-12-10-8-6-4-2/h5,7,11,13,17,19,23,25,29,31,41-42H,3-4,6,8-10,12,14-16,18,20-22,24,26-28,30,32-40,46H2,1-2H3,(H,49,50)(H,51,52)/b7-5+,13-11+,19-17+,25-23+,31-29+/t41-,42+/m1/s1. The Balaban J connectivity index is 4.45. The summed E-state index contributed by atoms with van der Waals surface area (Å²) in [4.78, 5) is 45.9. The molecule has 0 bridgehead atoms. The summed E-state index contributed by atoms with van der Waals surface area (Å²) in [7, 11) is -4.73. The summed E-state index contributed by atoms with van der Waals surface area (Å²) < 4.78 is 32.6. The Morgan fingerprint density at radius 2 is 0.982 bits per heavy atom. The van der Waals surface area contributed by atoms with Gasteiger partial charge < -0.3 is 25.2 Å². The highest BCUT2D eigenvalue weighted by Gasteiger charge is 2.28. The summed E-state index contributed by atoms with van der Waals surface area (Å²) in [6.45, 7) is 2.63. The minimum atomic E-state index is -4.73. The molecule has 4 N–H and O–H groups in total. The van der Waals surface area contributed by atoms with Gasteiger partial charge in [0.25, 0.3) is 0 Å². The molecule has 0 aromatic rings. The fourth-order valence-electron chi connectivity index (χ4n) is 5.63. The Morgan fingerprint density at radius 1 is 0.561 bits per heavy atom. The number of allylic oxidation sites excluding steroid dienone is 10. The first kappa shape index (κ1) is 54.2. The molecule has 0 heterocycles. The lowest BCUT2D eigenvalue weighted by Crippen LogP contribution is -2.34. The number of aliphatic carboxylic acids is 1. The van der Waals surface area contributed by atoms with E-state index in [1.165, 1.54) is 77.0 Å². The van der Waals surface area contributed by atoms with Crippen molar-refractivity contribution < 1.29 is 47.5 Å². The van der Waals surface area contributed by atoms with Crippen LogP contribution < -0.4 is 5.73 Å². The van der Waals surface area contributed by atoms with Gasteiger partial charge in [-0.3, -0.25) is 23.4 Å². The van der Waals surface area contributed by atoms with Crippen molar-refractivity contribution in [2.45, 2.75) is 187 Å². The maximum absolute atomic E-state index is 12.6. The fourth-order valence-corrected chi connectivity index (χ4v) is 6.41. The van der Waals surface area contributed by atoms with E-state index in [4.69, 9.17) is 24.8 Å². The maximum atomic E-state index is 12.6. The molecule has 0 rings (SSSR count). The third-order valence-electron chi connectivity index (χ3n) is 9.03. The molecule has 1 unspecified atom stereocenters. The van der Waals surface area contributed by atoms with Crippen molar-refractivity contribution in [2.75, 3.05) is 19.8 Å². The van der Waals surface area contributed by atoms with Crippen LogP contribution in [0.3, 0.4) is 0 Å². The first-order valence-electron chi connectivity index (χ1n) is 21.8. The number of phosphoric ester groups is 1. The van der Waals surface area contributed by atoms with Crippen LogP contribution in [0.2, 0.25) is 0 Å². The number of hydrogen-bond donors (Lipinski definition) is 3. The van der Waals surface area contributed by atoms with Gasteiger partial charge in [-0.2, -0.15) is 0 Å².